The molecule has 0 spiro atoms. The van der Waals surface area contributed by atoms with E-state index >= 15 is 0 Å². The second-order valence-corrected chi connectivity index (χ2v) is 8.02. The van der Waals surface area contributed by atoms with Crippen molar-refractivity contribution in [1.82, 2.24) is 4.31 Å². The highest BCUT2D eigenvalue weighted by atomic mass is 32.2. The molecule has 0 saturated carbocycles. The van der Waals surface area contributed by atoms with Gasteiger partial charge in [-0.05, 0) is 17.9 Å². The molecular formula is C12H15NO5S2. The summed E-state index contributed by atoms with van der Waals surface area (Å²) >= 11 is 0.961. The summed E-state index contributed by atoms with van der Waals surface area (Å²) in [5.74, 6) is -0.724. The minimum absolute atomic E-state index is 0.0455. The number of carboxylic acids is 1. The third kappa shape index (κ3) is 2.07. The minimum Gasteiger partial charge on any atom is -0.477 e. The molecule has 110 valence electrons. The van der Waals surface area contributed by atoms with Crippen molar-refractivity contribution in [3.63, 3.8) is 0 Å². The predicted molar refractivity (Wildman–Crippen MR) is 72.6 cm³/mol. The van der Waals surface area contributed by atoms with Crippen LogP contribution in [0.2, 0.25) is 0 Å². The molecule has 0 radical (unpaired) electrons. The maximum Gasteiger partial charge on any atom is 0.347 e. The first-order chi connectivity index (χ1) is 9.41. The normalized spacial score (nSPS) is 26.9. The van der Waals surface area contributed by atoms with Crippen LogP contribution >= 0.6 is 11.3 Å². The van der Waals surface area contributed by atoms with Gasteiger partial charge in [-0.15, -0.1) is 11.3 Å². The smallest absolute Gasteiger partial charge is 0.347 e. The Balaban J connectivity index is 1.97. The van der Waals surface area contributed by atoms with Crippen LogP contribution in [0.3, 0.4) is 0 Å². The molecule has 0 amide bonds. The molecular weight excluding hydrogens is 302 g/mol. The summed E-state index contributed by atoms with van der Waals surface area (Å²) in [5, 5.41) is 10.7. The Morgan fingerprint density at radius 2 is 2.00 bits per heavy atom. The molecule has 3 heterocycles. The fourth-order valence-corrected chi connectivity index (χ4v) is 6.01. The van der Waals surface area contributed by atoms with Crippen LogP contribution < -0.4 is 0 Å². The summed E-state index contributed by atoms with van der Waals surface area (Å²) < 4.78 is 32.1. The monoisotopic (exact) mass is 317 g/mol. The zero-order chi connectivity index (χ0) is 14.5. The average molecular weight is 317 g/mol. The van der Waals surface area contributed by atoms with Crippen LogP contribution in [0, 0.1) is 18.8 Å². The number of ether oxygens (including phenoxy) is 1. The van der Waals surface area contributed by atoms with Crippen molar-refractivity contribution in [2.75, 3.05) is 26.3 Å². The van der Waals surface area contributed by atoms with Crippen molar-refractivity contribution >= 4 is 27.3 Å². The van der Waals surface area contributed by atoms with E-state index in [1.807, 2.05) is 0 Å². The van der Waals surface area contributed by atoms with E-state index in [1.54, 1.807) is 12.3 Å². The molecule has 3 rings (SSSR count). The Labute approximate surface area is 121 Å². The zero-order valence-corrected chi connectivity index (χ0v) is 12.5. The van der Waals surface area contributed by atoms with Gasteiger partial charge in [0.1, 0.15) is 9.77 Å². The van der Waals surface area contributed by atoms with Crippen molar-refractivity contribution in [1.29, 1.82) is 0 Å². The summed E-state index contributed by atoms with van der Waals surface area (Å²) in [6, 6.07) is 0. The topological polar surface area (TPSA) is 83.9 Å². The summed E-state index contributed by atoms with van der Waals surface area (Å²) in [7, 11) is -3.74. The Kier molecular flexibility index (Phi) is 3.36. The molecule has 6 nitrogen and oxygen atoms in total. The minimum atomic E-state index is -3.74. The Bertz CT molecular complexity index is 639. The molecule has 0 aromatic carbocycles. The van der Waals surface area contributed by atoms with Crippen molar-refractivity contribution in [2.45, 2.75) is 11.8 Å². The van der Waals surface area contributed by atoms with Gasteiger partial charge in [0.25, 0.3) is 0 Å². The molecule has 2 atom stereocenters. The third-order valence-corrected chi connectivity index (χ3v) is 7.15. The summed E-state index contributed by atoms with van der Waals surface area (Å²) in [6.07, 6.45) is 0. The van der Waals surface area contributed by atoms with Crippen molar-refractivity contribution < 1.29 is 23.1 Å². The molecule has 2 aliphatic heterocycles. The molecule has 2 fully saturated rings. The van der Waals surface area contributed by atoms with Crippen molar-refractivity contribution in [2.24, 2.45) is 11.8 Å². The van der Waals surface area contributed by atoms with E-state index in [-0.39, 0.29) is 21.6 Å². The molecule has 1 N–H and O–H groups in total. The van der Waals surface area contributed by atoms with Gasteiger partial charge in [-0.2, -0.15) is 4.31 Å². The van der Waals surface area contributed by atoms with Gasteiger partial charge >= 0.3 is 5.97 Å². The number of hydrogen-bond donors (Lipinski definition) is 1. The fourth-order valence-electron chi connectivity index (χ4n) is 2.87. The van der Waals surface area contributed by atoms with Crippen molar-refractivity contribution in [3.05, 3.63) is 15.8 Å². The first-order valence-electron chi connectivity index (χ1n) is 6.30. The lowest BCUT2D eigenvalue weighted by Gasteiger charge is -2.17. The molecule has 2 saturated heterocycles. The number of fused-ring (bicyclic) bond motifs is 1. The number of sulfonamides is 1. The van der Waals surface area contributed by atoms with Gasteiger partial charge in [0.05, 0.1) is 13.2 Å². The summed E-state index contributed by atoms with van der Waals surface area (Å²) in [4.78, 5) is 11.1. The third-order valence-electron chi connectivity index (χ3n) is 3.92. The second-order valence-electron chi connectivity index (χ2n) is 5.26. The highest BCUT2D eigenvalue weighted by Gasteiger charge is 2.43. The van der Waals surface area contributed by atoms with E-state index in [4.69, 9.17) is 9.84 Å². The highest BCUT2D eigenvalue weighted by molar-refractivity contribution is 7.89. The van der Waals surface area contributed by atoms with Gasteiger partial charge in [0.2, 0.25) is 10.0 Å². The first kappa shape index (κ1) is 14.0. The Hall–Kier alpha value is -0.960. The zero-order valence-electron chi connectivity index (χ0n) is 10.9. The van der Waals surface area contributed by atoms with Crippen LogP contribution in [0.25, 0.3) is 0 Å². The maximum absolute atomic E-state index is 12.7. The van der Waals surface area contributed by atoms with Crippen molar-refractivity contribution in [3.8, 4) is 0 Å². The molecule has 0 aliphatic carbocycles. The molecule has 1 aromatic heterocycles. The number of aromatic carboxylic acids is 1. The van der Waals surface area contributed by atoms with Gasteiger partial charge in [-0.3, -0.25) is 0 Å². The Morgan fingerprint density at radius 3 is 2.55 bits per heavy atom. The van der Waals surface area contributed by atoms with E-state index in [0.29, 0.717) is 31.9 Å². The van der Waals surface area contributed by atoms with Crippen LogP contribution in [0.4, 0.5) is 0 Å². The van der Waals surface area contributed by atoms with Gasteiger partial charge < -0.3 is 9.84 Å². The predicted octanol–water partition coefficient (Wildman–Crippen LogP) is 1.02. The van der Waals surface area contributed by atoms with Crippen LogP contribution in [-0.4, -0.2) is 50.1 Å². The summed E-state index contributed by atoms with van der Waals surface area (Å²) in [6.45, 7) is 3.65. The SMILES string of the molecule is Cc1csc(C(=O)O)c1S(=O)(=O)N1C[C@H]2COC[C@H]2C1. The molecule has 0 unspecified atom stereocenters. The van der Waals surface area contributed by atoms with Gasteiger partial charge in [0.15, 0.2) is 0 Å². The van der Waals surface area contributed by atoms with E-state index in [0.717, 1.165) is 11.3 Å². The average Bonchev–Trinajstić information content (AvgIpc) is 3.00. The summed E-state index contributed by atoms with van der Waals surface area (Å²) in [5.41, 5.74) is 0.501. The quantitative estimate of drug-likeness (QED) is 0.900. The van der Waals surface area contributed by atoms with Gasteiger partial charge in [-0.25, -0.2) is 13.2 Å². The number of aryl methyl sites for hydroxylation is 1. The maximum atomic E-state index is 12.7. The molecule has 20 heavy (non-hydrogen) atoms. The highest BCUT2D eigenvalue weighted by Crippen LogP contribution is 2.36. The first-order valence-corrected chi connectivity index (χ1v) is 8.62. The van der Waals surface area contributed by atoms with E-state index in [9.17, 15) is 13.2 Å². The number of thiophene rings is 1. The number of carbonyl (C=O) groups is 1. The Morgan fingerprint density at radius 1 is 1.40 bits per heavy atom. The van der Waals surface area contributed by atoms with Crippen LogP contribution in [0.1, 0.15) is 15.2 Å². The fraction of sp³-hybridized carbons (Fsp3) is 0.583. The lowest BCUT2D eigenvalue weighted by Crippen LogP contribution is -2.31. The standard InChI is InChI=1S/C12H15NO5S2/c1-7-6-19-10(12(14)15)11(7)20(16,17)13-2-8-4-18-5-9(8)3-13/h6,8-9H,2-5H2,1H3,(H,14,15)/t8-,9+. The molecule has 8 heteroatoms. The molecule has 0 bridgehead atoms. The molecule has 2 aliphatic rings. The molecule has 1 aromatic rings. The van der Waals surface area contributed by atoms with Crippen LogP contribution in [-0.2, 0) is 14.8 Å². The van der Waals surface area contributed by atoms with Gasteiger partial charge in [0, 0.05) is 24.9 Å². The van der Waals surface area contributed by atoms with Crippen LogP contribution in [0.15, 0.2) is 10.3 Å². The number of rotatable bonds is 3. The number of carboxylic acid groups (broad SMARTS) is 1. The lowest BCUT2D eigenvalue weighted by molar-refractivity contribution is 0.0698. The number of hydrogen-bond acceptors (Lipinski definition) is 5. The van der Waals surface area contributed by atoms with Gasteiger partial charge in [-0.1, -0.05) is 0 Å². The van der Waals surface area contributed by atoms with E-state index < -0.39 is 16.0 Å². The number of nitrogens with zero attached hydrogens (tertiary/aromatic N) is 1. The largest absolute Gasteiger partial charge is 0.477 e. The van der Waals surface area contributed by atoms with E-state index in [2.05, 4.69) is 0 Å². The van der Waals surface area contributed by atoms with E-state index in [1.165, 1.54) is 4.31 Å². The van der Waals surface area contributed by atoms with Crippen LogP contribution in [0.5, 0.6) is 0 Å². The lowest BCUT2D eigenvalue weighted by atomic mass is 10.0. The second kappa shape index (κ2) is 4.80.